The van der Waals surface area contributed by atoms with E-state index in [-0.39, 0.29) is 12.4 Å². The Morgan fingerprint density at radius 2 is 2.21 bits per heavy atom. The van der Waals surface area contributed by atoms with Crippen LogP contribution in [0.4, 0.5) is 4.39 Å². The van der Waals surface area contributed by atoms with Crippen molar-refractivity contribution in [1.82, 2.24) is 5.32 Å². The number of hydrogen-bond acceptors (Lipinski definition) is 4. The lowest BCUT2D eigenvalue weighted by atomic mass is 10.2. The van der Waals surface area contributed by atoms with Gasteiger partial charge >= 0.3 is 0 Å². The number of halogens is 1. The normalized spacial score (nSPS) is 12.4. The van der Waals surface area contributed by atoms with Crippen molar-refractivity contribution in [3.05, 3.63) is 29.6 Å². The van der Waals surface area contributed by atoms with Crippen molar-refractivity contribution in [2.24, 2.45) is 0 Å². The SMILES string of the molecule is CCC(O)COc1c(F)cccc1CNCCOC. The first-order chi connectivity index (χ1) is 9.19. The summed E-state index contributed by atoms with van der Waals surface area (Å²) < 4.78 is 24.0. The number of ether oxygens (including phenoxy) is 2. The maximum Gasteiger partial charge on any atom is 0.165 e. The molecule has 0 aromatic heterocycles. The van der Waals surface area contributed by atoms with Gasteiger partial charge in [0, 0.05) is 25.8 Å². The molecule has 19 heavy (non-hydrogen) atoms. The zero-order valence-electron chi connectivity index (χ0n) is 11.5. The van der Waals surface area contributed by atoms with Gasteiger partial charge in [-0.2, -0.15) is 0 Å². The largest absolute Gasteiger partial charge is 0.487 e. The maximum atomic E-state index is 13.7. The standard InChI is InChI=1S/C14H22FNO3/c1-3-12(17)10-19-14-11(5-4-6-13(14)15)9-16-7-8-18-2/h4-6,12,16-17H,3,7-10H2,1-2H3. The molecule has 0 heterocycles. The van der Waals surface area contributed by atoms with E-state index in [0.29, 0.717) is 26.1 Å². The van der Waals surface area contributed by atoms with E-state index in [4.69, 9.17) is 9.47 Å². The lowest BCUT2D eigenvalue weighted by Crippen LogP contribution is -2.21. The van der Waals surface area contributed by atoms with Crippen molar-refractivity contribution < 1.29 is 19.0 Å². The molecule has 0 radical (unpaired) electrons. The number of benzene rings is 1. The average Bonchev–Trinajstić information content (AvgIpc) is 2.42. The fourth-order valence-corrected chi connectivity index (χ4v) is 1.55. The third-order valence-electron chi connectivity index (χ3n) is 2.74. The van der Waals surface area contributed by atoms with Gasteiger partial charge in [-0.05, 0) is 12.5 Å². The van der Waals surface area contributed by atoms with E-state index in [1.54, 1.807) is 19.2 Å². The fourth-order valence-electron chi connectivity index (χ4n) is 1.55. The minimum absolute atomic E-state index is 0.0997. The number of aliphatic hydroxyl groups is 1. The van der Waals surface area contributed by atoms with Crippen molar-refractivity contribution in [3.8, 4) is 5.75 Å². The summed E-state index contributed by atoms with van der Waals surface area (Å²) in [6, 6.07) is 4.80. The summed E-state index contributed by atoms with van der Waals surface area (Å²) in [4.78, 5) is 0. The first-order valence-corrected chi connectivity index (χ1v) is 6.47. The molecule has 1 rings (SSSR count). The Labute approximate surface area is 113 Å². The molecule has 0 spiro atoms. The predicted molar refractivity (Wildman–Crippen MR) is 71.8 cm³/mol. The maximum absolute atomic E-state index is 13.7. The topological polar surface area (TPSA) is 50.7 Å². The number of aliphatic hydroxyl groups excluding tert-OH is 1. The van der Waals surface area contributed by atoms with Crippen LogP contribution in [-0.2, 0) is 11.3 Å². The molecule has 1 unspecified atom stereocenters. The first-order valence-electron chi connectivity index (χ1n) is 6.47. The molecule has 1 aromatic rings. The molecule has 0 aliphatic carbocycles. The highest BCUT2D eigenvalue weighted by atomic mass is 19.1. The van der Waals surface area contributed by atoms with Crippen LogP contribution in [-0.4, -0.2) is 38.1 Å². The quantitative estimate of drug-likeness (QED) is 0.671. The molecule has 5 heteroatoms. The zero-order valence-corrected chi connectivity index (χ0v) is 11.5. The number of rotatable bonds is 9. The van der Waals surface area contributed by atoms with E-state index < -0.39 is 11.9 Å². The molecular weight excluding hydrogens is 249 g/mol. The minimum Gasteiger partial charge on any atom is -0.487 e. The summed E-state index contributed by atoms with van der Waals surface area (Å²) in [5, 5.41) is 12.6. The summed E-state index contributed by atoms with van der Waals surface area (Å²) in [6.45, 7) is 3.73. The van der Waals surface area contributed by atoms with Gasteiger partial charge in [-0.3, -0.25) is 0 Å². The van der Waals surface area contributed by atoms with E-state index in [1.807, 2.05) is 6.92 Å². The van der Waals surface area contributed by atoms with E-state index >= 15 is 0 Å². The van der Waals surface area contributed by atoms with Gasteiger partial charge in [0.2, 0.25) is 0 Å². The van der Waals surface area contributed by atoms with Gasteiger partial charge in [-0.25, -0.2) is 4.39 Å². The third kappa shape index (κ3) is 5.55. The molecule has 0 saturated heterocycles. The monoisotopic (exact) mass is 271 g/mol. The molecule has 0 amide bonds. The lowest BCUT2D eigenvalue weighted by Gasteiger charge is -2.15. The predicted octanol–water partition coefficient (Wildman–Crippen LogP) is 1.71. The van der Waals surface area contributed by atoms with Crippen LogP contribution in [0.3, 0.4) is 0 Å². The van der Waals surface area contributed by atoms with Crippen LogP contribution in [0.1, 0.15) is 18.9 Å². The van der Waals surface area contributed by atoms with Gasteiger partial charge in [0.15, 0.2) is 11.6 Å². The zero-order chi connectivity index (χ0) is 14.1. The molecule has 0 fully saturated rings. The first kappa shape index (κ1) is 15.9. The van der Waals surface area contributed by atoms with Gasteiger partial charge in [-0.15, -0.1) is 0 Å². The van der Waals surface area contributed by atoms with Gasteiger partial charge in [0.1, 0.15) is 6.61 Å². The van der Waals surface area contributed by atoms with Crippen molar-refractivity contribution in [3.63, 3.8) is 0 Å². The molecule has 4 nitrogen and oxygen atoms in total. The summed E-state index contributed by atoms with van der Waals surface area (Å²) >= 11 is 0. The summed E-state index contributed by atoms with van der Waals surface area (Å²) in [7, 11) is 1.63. The van der Waals surface area contributed by atoms with Crippen LogP contribution in [0.2, 0.25) is 0 Å². The van der Waals surface area contributed by atoms with Crippen molar-refractivity contribution in [1.29, 1.82) is 0 Å². The number of hydrogen-bond donors (Lipinski definition) is 2. The highest BCUT2D eigenvalue weighted by Gasteiger charge is 2.11. The number of methoxy groups -OCH3 is 1. The van der Waals surface area contributed by atoms with Crippen LogP contribution in [0.15, 0.2) is 18.2 Å². The van der Waals surface area contributed by atoms with Crippen LogP contribution >= 0.6 is 0 Å². The van der Waals surface area contributed by atoms with Crippen LogP contribution < -0.4 is 10.1 Å². The summed E-state index contributed by atoms with van der Waals surface area (Å²) in [5.74, 6) is -0.200. The molecule has 1 atom stereocenters. The second-order valence-electron chi connectivity index (χ2n) is 4.27. The second-order valence-corrected chi connectivity index (χ2v) is 4.27. The fraction of sp³-hybridized carbons (Fsp3) is 0.571. The molecule has 2 N–H and O–H groups in total. The van der Waals surface area contributed by atoms with E-state index in [1.165, 1.54) is 6.07 Å². The lowest BCUT2D eigenvalue weighted by molar-refractivity contribution is 0.101. The van der Waals surface area contributed by atoms with E-state index in [2.05, 4.69) is 5.32 Å². The highest BCUT2D eigenvalue weighted by molar-refractivity contribution is 5.34. The van der Waals surface area contributed by atoms with Crippen molar-refractivity contribution in [2.45, 2.75) is 26.0 Å². The molecule has 108 valence electrons. The minimum atomic E-state index is -0.575. The smallest absolute Gasteiger partial charge is 0.165 e. The summed E-state index contributed by atoms with van der Waals surface area (Å²) in [5.41, 5.74) is 0.736. The van der Waals surface area contributed by atoms with Gasteiger partial charge in [-0.1, -0.05) is 19.1 Å². The van der Waals surface area contributed by atoms with Gasteiger partial charge < -0.3 is 19.9 Å². The van der Waals surface area contributed by atoms with Crippen LogP contribution in [0, 0.1) is 5.82 Å². The van der Waals surface area contributed by atoms with Crippen molar-refractivity contribution in [2.75, 3.05) is 26.9 Å². The Morgan fingerprint density at radius 1 is 1.42 bits per heavy atom. The summed E-state index contributed by atoms with van der Waals surface area (Å²) in [6.07, 6.45) is 0.00415. The number of nitrogens with one attached hydrogen (secondary N) is 1. The molecule has 1 aromatic carbocycles. The molecular formula is C14H22FNO3. The Bertz CT molecular complexity index is 374. The van der Waals surface area contributed by atoms with E-state index in [9.17, 15) is 9.50 Å². The van der Waals surface area contributed by atoms with Crippen LogP contribution in [0.25, 0.3) is 0 Å². The Kier molecular flexibility index (Phi) is 7.40. The Balaban J connectivity index is 2.61. The Hall–Kier alpha value is -1.17. The number of para-hydroxylation sites is 1. The van der Waals surface area contributed by atoms with Gasteiger partial charge in [0.25, 0.3) is 0 Å². The van der Waals surface area contributed by atoms with Crippen LogP contribution in [0.5, 0.6) is 5.75 Å². The second kappa shape index (κ2) is 8.85. The Morgan fingerprint density at radius 3 is 2.89 bits per heavy atom. The van der Waals surface area contributed by atoms with E-state index in [0.717, 1.165) is 5.56 Å². The molecule has 0 aliphatic heterocycles. The molecule has 0 saturated carbocycles. The molecule has 0 aliphatic rings. The highest BCUT2D eigenvalue weighted by Crippen LogP contribution is 2.22. The third-order valence-corrected chi connectivity index (χ3v) is 2.74. The van der Waals surface area contributed by atoms with Gasteiger partial charge in [0.05, 0.1) is 12.7 Å². The average molecular weight is 271 g/mol. The van der Waals surface area contributed by atoms with Crippen molar-refractivity contribution >= 4 is 0 Å². The molecule has 0 bridgehead atoms.